The first-order chi connectivity index (χ1) is 16.7. The summed E-state index contributed by atoms with van der Waals surface area (Å²) in [5, 5.41) is -0.220. The van der Waals surface area contributed by atoms with E-state index in [-0.39, 0.29) is 17.1 Å². The summed E-state index contributed by atoms with van der Waals surface area (Å²) < 4.78 is 8.92. The van der Waals surface area contributed by atoms with Gasteiger partial charge in [-0.3, -0.25) is 4.90 Å². The molecule has 0 aliphatic carbocycles. The van der Waals surface area contributed by atoms with E-state index in [1.165, 1.54) is 0 Å². The normalized spacial score (nSPS) is 12.1. The fourth-order valence-electron chi connectivity index (χ4n) is 3.09. The number of benzene rings is 2. The molecule has 0 aliphatic rings. The van der Waals surface area contributed by atoms with Crippen molar-refractivity contribution in [2.75, 3.05) is 4.90 Å². The molecular formula is C26H28BrClN4O4. The number of esters is 2. The number of nitrogens with zero attached hydrogens (tertiary/aromatic N) is 4. The number of anilines is 3. The van der Waals surface area contributed by atoms with Crippen LogP contribution in [0, 0.1) is 0 Å². The van der Waals surface area contributed by atoms with Crippen molar-refractivity contribution in [1.29, 1.82) is 0 Å². The lowest BCUT2D eigenvalue weighted by Crippen LogP contribution is -2.47. The second-order valence-corrected chi connectivity index (χ2v) is 11.4. The molecule has 3 aromatic rings. The summed E-state index contributed by atoms with van der Waals surface area (Å²) in [5.41, 5.74) is -0.353. The number of para-hydroxylation sites is 2. The van der Waals surface area contributed by atoms with Gasteiger partial charge < -0.3 is 9.47 Å². The highest BCUT2D eigenvalue weighted by atomic mass is 79.9. The molecule has 1 aromatic heterocycles. The van der Waals surface area contributed by atoms with Crippen molar-refractivity contribution < 1.29 is 19.1 Å². The molecule has 0 radical (unpaired) electrons. The lowest BCUT2D eigenvalue weighted by molar-refractivity contribution is -0.171. The SMILES string of the molecule is CC(C)(C)OC(=O)C(Br)(C(=O)OC(C)(C)C)c1nc(Cl)nc(N(c2ccccc2)c2ccccc2)n1. The van der Waals surface area contributed by atoms with Gasteiger partial charge >= 0.3 is 11.9 Å². The highest BCUT2D eigenvalue weighted by Gasteiger charge is 2.54. The van der Waals surface area contributed by atoms with Crippen molar-refractivity contribution in [2.24, 2.45) is 0 Å². The Kier molecular flexibility index (Phi) is 8.05. The minimum absolute atomic E-state index is 0.0957. The van der Waals surface area contributed by atoms with Gasteiger partial charge in [0.05, 0.1) is 0 Å². The number of halogens is 2. The first-order valence-electron chi connectivity index (χ1n) is 11.2. The Bertz CT molecular complexity index is 1160. The Morgan fingerprint density at radius 1 is 0.750 bits per heavy atom. The third-order valence-electron chi connectivity index (χ3n) is 4.49. The predicted octanol–water partition coefficient (Wildman–Crippen LogP) is 6.27. The van der Waals surface area contributed by atoms with E-state index in [0.29, 0.717) is 0 Å². The maximum atomic E-state index is 13.4. The van der Waals surface area contributed by atoms with Gasteiger partial charge in [-0.2, -0.15) is 15.0 Å². The Hall–Kier alpha value is -3.04. The first-order valence-corrected chi connectivity index (χ1v) is 12.4. The van der Waals surface area contributed by atoms with Gasteiger partial charge in [-0.1, -0.05) is 52.3 Å². The van der Waals surface area contributed by atoms with Crippen LogP contribution < -0.4 is 4.90 Å². The maximum absolute atomic E-state index is 13.4. The zero-order valence-electron chi connectivity index (χ0n) is 21.0. The Morgan fingerprint density at radius 3 is 1.56 bits per heavy atom. The number of hydrogen-bond donors (Lipinski definition) is 0. The predicted molar refractivity (Wildman–Crippen MR) is 142 cm³/mol. The number of aromatic nitrogens is 3. The number of ether oxygens (including phenoxy) is 2. The summed E-state index contributed by atoms with van der Waals surface area (Å²) in [4.78, 5) is 41.5. The van der Waals surface area contributed by atoms with Crippen molar-refractivity contribution in [3.63, 3.8) is 0 Å². The second kappa shape index (κ2) is 10.5. The molecule has 0 unspecified atom stereocenters. The van der Waals surface area contributed by atoms with E-state index < -0.39 is 27.5 Å². The van der Waals surface area contributed by atoms with Crippen molar-refractivity contribution in [3.05, 3.63) is 71.8 Å². The number of rotatable bonds is 6. The first kappa shape index (κ1) is 27.5. The van der Waals surface area contributed by atoms with Crippen LogP contribution >= 0.6 is 27.5 Å². The van der Waals surface area contributed by atoms with Crippen molar-refractivity contribution in [2.45, 2.75) is 57.1 Å². The molecule has 2 aromatic carbocycles. The molecule has 190 valence electrons. The smallest absolute Gasteiger partial charge is 0.343 e. The summed E-state index contributed by atoms with van der Waals surface area (Å²) >= 11 is 9.62. The third-order valence-corrected chi connectivity index (χ3v) is 5.66. The van der Waals surface area contributed by atoms with E-state index >= 15 is 0 Å². The summed E-state index contributed by atoms with van der Waals surface area (Å²) in [5.74, 6) is -2.05. The zero-order chi connectivity index (χ0) is 26.7. The standard InChI is InChI=1S/C26H28BrClN4O4/c1-24(2,3)35-20(33)26(27,21(34)36-25(4,5)6)19-29-22(28)31-23(30-19)32(17-13-9-7-10-14-17)18-15-11-8-12-16-18/h7-16H,1-6H3. The van der Waals surface area contributed by atoms with Gasteiger partial charge in [0, 0.05) is 11.4 Å². The molecule has 0 fully saturated rings. The van der Waals surface area contributed by atoms with E-state index in [1.807, 2.05) is 60.7 Å². The van der Waals surface area contributed by atoms with E-state index in [0.717, 1.165) is 11.4 Å². The van der Waals surface area contributed by atoms with Gasteiger partial charge in [-0.15, -0.1) is 0 Å². The van der Waals surface area contributed by atoms with Gasteiger partial charge in [0.2, 0.25) is 11.2 Å². The van der Waals surface area contributed by atoms with Gasteiger partial charge in [0.15, 0.2) is 5.82 Å². The molecular weight excluding hydrogens is 548 g/mol. The molecule has 36 heavy (non-hydrogen) atoms. The molecule has 0 spiro atoms. The molecule has 0 atom stereocenters. The molecule has 0 amide bonds. The quantitative estimate of drug-likeness (QED) is 0.193. The largest absolute Gasteiger partial charge is 0.458 e. The van der Waals surface area contributed by atoms with E-state index in [1.54, 1.807) is 46.4 Å². The van der Waals surface area contributed by atoms with Crippen molar-refractivity contribution in [3.8, 4) is 0 Å². The Balaban J connectivity index is 2.23. The van der Waals surface area contributed by atoms with Crippen LogP contribution in [-0.4, -0.2) is 38.1 Å². The van der Waals surface area contributed by atoms with E-state index in [9.17, 15) is 9.59 Å². The van der Waals surface area contributed by atoms with Gasteiger partial charge in [-0.05, 0) is 77.4 Å². The lowest BCUT2D eigenvalue weighted by atomic mass is 10.1. The number of carbonyl (C=O) groups excluding carboxylic acids is 2. The van der Waals surface area contributed by atoms with Gasteiger partial charge in [-0.25, -0.2) is 9.59 Å². The minimum atomic E-state index is -2.20. The molecule has 0 saturated heterocycles. The van der Waals surface area contributed by atoms with Crippen LogP contribution in [0.2, 0.25) is 5.28 Å². The average Bonchev–Trinajstić information content (AvgIpc) is 2.77. The summed E-state index contributed by atoms with van der Waals surface area (Å²) in [7, 11) is 0. The molecule has 0 aliphatic heterocycles. The fraction of sp³-hybridized carbons (Fsp3) is 0.346. The maximum Gasteiger partial charge on any atom is 0.343 e. The fourth-order valence-corrected chi connectivity index (χ4v) is 3.59. The van der Waals surface area contributed by atoms with Crippen LogP contribution in [0.25, 0.3) is 0 Å². The summed E-state index contributed by atoms with van der Waals surface area (Å²) in [6.07, 6.45) is 0. The number of alkyl halides is 1. The molecule has 10 heteroatoms. The highest BCUT2D eigenvalue weighted by molar-refractivity contribution is 9.10. The Morgan fingerprint density at radius 2 is 1.17 bits per heavy atom. The number of hydrogen-bond acceptors (Lipinski definition) is 8. The molecule has 3 rings (SSSR count). The van der Waals surface area contributed by atoms with Crippen LogP contribution in [0.15, 0.2) is 60.7 Å². The summed E-state index contributed by atoms with van der Waals surface area (Å²) in [6.45, 7) is 10.1. The van der Waals surface area contributed by atoms with Crippen molar-refractivity contribution in [1.82, 2.24) is 15.0 Å². The van der Waals surface area contributed by atoms with Crippen LogP contribution in [0.1, 0.15) is 47.4 Å². The molecule has 0 saturated carbocycles. The minimum Gasteiger partial charge on any atom is -0.458 e. The zero-order valence-corrected chi connectivity index (χ0v) is 23.3. The van der Waals surface area contributed by atoms with Gasteiger partial charge in [0.25, 0.3) is 4.32 Å². The number of carbonyl (C=O) groups is 2. The van der Waals surface area contributed by atoms with E-state index in [4.69, 9.17) is 21.1 Å². The van der Waals surface area contributed by atoms with Crippen LogP contribution in [0.4, 0.5) is 17.3 Å². The molecule has 1 heterocycles. The monoisotopic (exact) mass is 574 g/mol. The summed E-state index contributed by atoms with van der Waals surface area (Å²) in [6, 6.07) is 18.7. The molecule has 0 bridgehead atoms. The topological polar surface area (TPSA) is 94.5 Å². The van der Waals surface area contributed by atoms with Crippen LogP contribution in [0.5, 0.6) is 0 Å². The molecule has 8 nitrogen and oxygen atoms in total. The average molecular weight is 576 g/mol. The highest BCUT2D eigenvalue weighted by Crippen LogP contribution is 2.38. The van der Waals surface area contributed by atoms with Gasteiger partial charge in [0.1, 0.15) is 11.2 Å². The molecule has 0 N–H and O–H groups in total. The van der Waals surface area contributed by atoms with E-state index in [2.05, 4.69) is 30.9 Å². The lowest BCUT2D eigenvalue weighted by Gasteiger charge is -2.31. The second-order valence-electron chi connectivity index (χ2n) is 9.90. The Labute approximate surface area is 224 Å². The third kappa shape index (κ3) is 6.59. The van der Waals surface area contributed by atoms with Crippen LogP contribution in [0.3, 0.4) is 0 Å². The van der Waals surface area contributed by atoms with Crippen molar-refractivity contribution >= 4 is 56.8 Å². The van der Waals surface area contributed by atoms with Crippen LogP contribution in [-0.2, 0) is 23.4 Å².